The van der Waals surface area contributed by atoms with Gasteiger partial charge in [-0.25, -0.2) is 20.2 Å². The molecule has 0 saturated carbocycles. The van der Waals surface area contributed by atoms with Crippen LogP contribution >= 0.6 is 0 Å². The lowest BCUT2D eigenvalue weighted by Crippen LogP contribution is -2.51. The molecule has 128 valence electrons. The molecule has 1 fully saturated rings. The first-order chi connectivity index (χ1) is 11.1. The zero-order chi connectivity index (χ0) is 16.5. The second kappa shape index (κ2) is 9.26. The number of morpholine rings is 1. The SMILES string of the molecule is CC(C)CC(CNC(=O)NNc1ncccn1)N1CCOCC1. The van der Waals surface area contributed by atoms with E-state index in [0.717, 1.165) is 32.7 Å². The molecule has 1 atom stereocenters. The predicted octanol–water partition coefficient (Wildman–Crippen LogP) is 0.850. The molecule has 2 heterocycles. The van der Waals surface area contributed by atoms with Crippen LogP contribution in [-0.2, 0) is 4.74 Å². The number of hydrogen-bond donors (Lipinski definition) is 3. The molecule has 0 bridgehead atoms. The Morgan fingerprint density at radius 1 is 1.30 bits per heavy atom. The van der Waals surface area contributed by atoms with Gasteiger partial charge in [-0.05, 0) is 18.4 Å². The van der Waals surface area contributed by atoms with Crippen LogP contribution in [0.15, 0.2) is 18.5 Å². The number of urea groups is 1. The molecule has 1 aliphatic heterocycles. The zero-order valence-corrected chi connectivity index (χ0v) is 13.8. The standard InChI is InChI=1S/C15H26N6O2/c1-12(2)10-13(21-6-8-23-9-7-21)11-18-15(22)20-19-14-16-4-3-5-17-14/h3-5,12-13H,6-11H2,1-2H3,(H,16,17,19)(H2,18,20,22). The molecule has 1 saturated heterocycles. The number of carbonyl (C=O) groups excluding carboxylic acids is 1. The van der Waals surface area contributed by atoms with Gasteiger partial charge in [0.2, 0.25) is 5.95 Å². The topological polar surface area (TPSA) is 91.4 Å². The molecule has 1 aromatic heterocycles. The third-order valence-electron chi connectivity index (χ3n) is 3.66. The van der Waals surface area contributed by atoms with Gasteiger partial charge in [0.1, 0.15) is 0 Å². The first kappa shape index (κ1) is 17.4. The molecule has 23 heavy (non-hydrogen) atoms. The molecule has 1 aliphatic rings. The Morgan fingerprint density at radius 2 is 2.00 bits per heavy atom. The van der Waals surface area contributed by atoms with Gasteiger partial charge in [-0.15, -0.1) is 0 Å². The normalized spacial score (nSPS) is 16.8. The Morgan fingerprint density at radius 3 is 2.65 bits per heavy atom. The minimum Gasteiger partial charge on any atom is -0.379 e. The smallest absolute Gasteiger partial charge is 0.333 e. The maximum atomic E-state index is 11.9. The van der Waals surface area contributed by atoms with Crippen molar-refractivity contribution in [3.63, 3.8) is 0 Å². The van der Waals surface area contributed by atoms with Gasteiger partial charge < -0.3 is 10.1 Å². The van der Waals surface area contributed by atoms with E-state index in [4.69, 9.17) is 4.74 Å². The third kappa shape index (κ3) is 6.37. The van der Waals surface area contributed by atoms with Crippen molar-refractivity contribution >= 4 is 12.0 Å². The number of hydrogen-bond acceptors (Lipinski definition) is 6. The van der Waals surface area contributed by atoms with Gasteiger partial charge in [-0.1, -0.05) is 13.8 Å². The highest BCUT2D eigenvalue weighted by molar-refractivity contribution is 5.74. The molecule has 8 heteroatoms. The number of aromatic nitrogens is 2. The monoisotopic (exact) mass is 322 g/mol. The minimum atomic E-state index is -0.292. The highest BCUT2D eigenvalue weighted by Gasteiger charge is 2.22. The number of rotatable bonds is 7. The highest BCUT2D eigenvalue weighted by Crippen LogP contribution is 2.12. The van der Waals surface area contributed by atoms with E-state index in [9.17, 15) is 4.79 Å². The lowest BCUT2D eigenvalue weighted by atomic mass is 10.0. The summed E-state index contributed by atoms with van der Waals surface area (Å²) in [4.78, 5) is 22.2. The van der Waals surface area contributed by atoms with Gasteiger partial charge in [0, 0.05) is 38.1 Å². The van der Waals surface area contributed by atoms with E-state index in [1.807, 2.05) is 0 Å². The molecule has 2 amide bonds. The zero-order valence-electron chi connectivity index (χ0n) is 13.8. The van der Waals surface area contributed by atoms with Crippen molar-refractivity contribution in [1.29, 1.82) is 0 Å². The van der Waals surface area contributed by atoms with Crippen molar-refractivity contribution in [2.24, 2.45) is 5.92 Å². The average Bonchev–Trinajstić information content (AvgIpc) is 2.58. The third-order valence-corrected chi connectivity index (χ3v) is 3.66. The van der Waals surface area contributed by atoms with E-state index in [-0.39, 0.29) is 6.03 Å². The Balaban J connectivity index is 1.76. The summed E-state index contributed by atoms with van der Waals surface area (Å²) in [7, 11) is 0. The van der Waals surface area contributed by atoms with Crippen molar-refractivity contribution in [3.8, 4) is 0 Å². The van der Waals surface area contributed by atoms with Gasteiger partial charge >= 0.3 is 6.03 Å². The molecule has 0 aliphatic carbocycles. The number of nitrogens with one attached hydrogen (secondary N) is 3. The average molecular weight is 322 g/mol. The lowest BCUT2D eigenvalue weighted by Gasteiger charge is -2.35. The van der Waals surface area contributed by atoms with Crippen molar-refractivity contribution in [3.05, 3.63) is 18.5 Å². The Labute approximate surface area is 137 Å². The largest absolute Gasteiger partial charge is 0.379 e. The number of ether oxygens (including phenoxy) is 1. The summed E-state index contributed by atoms with van der Waals surface area (Å²) < 4.78 is 5.40. The van der Waals surface area contributed by atoms with Gasteiger partial charge in [0.15, 0.2) is 0 Å². The van der Waals surface area contributed by atoms with E-state index < -0.39 is 0 Å². The summed E-state index contributed by atoms with van der Waals surface area (Å²) >= 11 is 0. The van der Waals surface area contributed by atoms with Crippen LogP contribution in [0.4, 0.5) is 10.7 Å². The molecule has 8 nitrogen and oxygen atoms in total. The number of carbonyl (C=O) groups is 1. The molecule has 1 unspecified atom stereocenters. The van der Waals surface area contributed by atoms with Crippen LogP contribution in [0, 0.1) is 5.92 Å². The Bertz CT molecular complexity index is 464. The van der Waals surface area contributed by atoms with Gasteiger partial charge in [0.05, 0.1) is 13.2 Å². The predicted molar refractivity (Wildman–Crippen MR) is 87.8 cm³/mol. The summed E-state index contributed by atoms with van der Waals surface area (Å²) in [5.74, 6) is 0.929. The molecule has 0 spiro atoms. The number of hydrazine groups is 1. The number of anilines is 1. The fourth-order valence-electron chi connectivity index (χ4n) is 2.58. The number of amides is 2. The van der Waals surface area contributed by atoms with Crippen LogP contribution in [0.2, 0.25) is 0 Å². The maximum absolute atomic E-state index is 11.9. The molecule has 2 rings (SSSR count). The van der Waals surface area contributed by atoms with Crippen LogP contribution in [0.5, 0.6) is 0 Å². The fourth-order valence-corrected chi connectivity index (χ4v) is 2.58. The van der Waals surface area contributed by atoms with Crippen LogP contribution < -0.4 is 16.2 Å². The quantitative estimate of drug-likeness (QED) is 0.645. The van der Waals surface area contributed by atoms with E-state index in [0.29, 0.717) is 24.5 Å². The summed E-state index contributed by atoms with van der Waals surface area (Å²) in [6.07, 6.45) is 4.24. The molecular formula is C15H26N6O2. The van der Waals surface area contributed by atoms with E-state index >= 15 is 0 Å². The van der Waals surface area contributed by atoms with Crippen LogP contribution in [0.3, 0.4) is 0 Å². The van der Waals surface area contributed by atoms with Crippen molar-refractivity contribution < 1.29 is 9.53 Å². The van der Waals surface area contributed by atoms with E-state index in [1.165, 1.54) is 0 Å². The first-order valence-electron chi connectivity index (χ1n) is 8.04. The molecule has 1 aromatic rings. The fraction of sp³-hybridized carbons (Fsp3) is 0.667. The summed E-state index contributed by atoms with van der Waals surface area (Å²) in [6, 6.07) is 1.74. The minimum absolute atomic E-state index is 0.292. The van der Waals surface area contributed by atoms with Crippen LogP contribution in [0.25, 0.3) is 0 Å². The van der Waals surface area contributed by atoms with Gasteiger partial charge in [-0.3, -0.25) is 10.3 Å². The molecule has 0 radical (unpaired) electrons. The summed E-state index contributed by atoms with van der Waals surface area (Å²) in [5.41, 5.74) is 5.21. The van der Waals surface area contributed by atoms with Gasteiger partial charge in [-0.2, -0.15) is 0 Å². The van der Waals surface area contributed by atoms with Crippen LogP contribution in [-0.4, -0.2) is 59.8 Å². The van der Waals surface area contributed by atoms with Crippen molar-refractivity contribution in [2.45, 2.75) is 26.3 Å². The second-order valence-corrected chi connectivity index (χ2v) is 5.96. The highest BCUT2D eigenvalue weighted by atomic mass is 16.5. The van der Waals surface area contributed by atoms with E-state index in [2.05, 4.69) is 44.9 Å². The molecular weight excluding hydrogens is 296 g/mol. The van der Waals surface area contributed by atoms with E-state index in [1.54, 1.807) is 18.5 Å². The Hall–Kier alpha value is -1.93. The lowest BCUT2D eigenvalue weighted by molar-refractivity contribution is 0.0129. The summed E-state index contributed by atoms with van der Waals surface area (Å²) in [6.45, 7) is 8.33. The first-order valence-corrected chi connectivity index (χ1v) is 8.04. The summed E-state index contributed by atoms with van der Waals surface area (Å²) in [5, 5.41) is 2.91. The van der Waals surface area contributed by atoms with Crippen molar-refractivity contribution in [2.75, 3.05) is 38.3 Å². The second-order valence-electron chi connectivity index (χ2n) is 5.96. The Kier molecular flexibility index (Phi) is 7.02. The number of nitrogens with zero attached hydrogens (tertiary/aromatic N) is 3. The van der Waals surface area contributed by atoms with Crippen LogP contribution in [0.1, 0.15) is 20.3 Å². The maximum Gasteiger partial charge on any atom is 0.333 e. The van der Waals surface area contributed by atoms with Crippen molar-refractivity contribution in [1.82, 2.24) is 25.6 Å². The molecule has 3 N–H and O–H groups in total. The molecule has 0 aromatic carbocycles. The van der Waals surface area contributed by atoms with Gasteiger partial charge in [0.25, 0.3) is 0 Å².